The van der Waals surface area contributed by atoms with Crippen molar-refractivity contribution in [3.8, 4) is 0 Å². The Morgan fingerprint density at radius 3 is 1.71 bits per heavy atom. The molecule has 0 aliphatic heterocycles. The van der Waals surface area contributed by atoms with Gasteiger partial charge in [-0.2, -0.15) is 0 Å². The molecule has 1 N–H and O–H groups in total. The van der Waals surface area contributed by atoms with Gasteiger partial charge in [-0.3, -0.25) is 14.8 Å². The summed E-state index contributed by atoms with van der Waals surface area (Å²) in [5.74, 6) is -0.842. The van der Waals surface area contributed by atoms with Gasteiger partial charge >= 0.3 is 5.97 Å². The molecule has 0 bridgehead atoms. The van der Waals surface area contributed by atoms with Crippen LogP contribution in [0.3, 0.4) is 0 Å². The average Bonchev–Trinajstić information content (AvgIpc) is 2.56. The smallest absolute Gasteiger partial charge is 0.306 e. The number of unbranched alkanes of at least 4 members (excludes halogenated alkanes) is 11. The van der Waals surface area contributed by atoms with Gasteiger partial charge in [0.1, 0.15) is 0 Å². The normalized spacial score (nSPS) is 10.6. The van der Waals surface area contributed by atoms with E-state index in [0.717, 1.165) is 12.8 Å². The largest absolute Gasteiger partial charge is 0.466 e. The zero-order chi connectivity index (χ0) is 18.0. The first-order chi connectivity index (χ1) is 11.6. The second-order valence-electron chi connectivity index (χ2n) is 6.53. The van der Waals surface area contributed by atoms with E-state index in [1.54, 1.807) is 0 Å². The summed E-state index contributed by atoms with van der Waals surface area (Å²) in [6, 6.07) is 0. The third-order valence-corrected chi connectivity index (χ3v) is 4.16. The molecule has 1 amide bonds. The van der Waals surface area contributed by atoms with Crippen LogP contribution in [-0.2, 0) is 14.3 Å². The third-order valence-electron chi connectivity index (χ3n) is 4.16. The van der Waals surface area contributed by atoms with E-state index in [1.165, 1.54) is 71.3 Å². The van der Waals surface area contributed by atoms with Crippen molar-refractivity contribution in [2.75, 3.05) is 13.7 Å². The lowest BCUT2D eigenvalue weighted by Crippen LogP contribution is -2.23. The molecule has 0 aromatic carbocycles. The van der Waals surface area contributed by atoms with Crippen molar-refractivity contribution in [1.29, 1.82) is 0 Å². The summed E-state index contributed by atoms with van der Waals surface area (Å²) in [7, 11) is 1.25. The Hall–Kier alpha value is -1.10. The van der Waals surface area contributed by atoms with Gasteiger partial charge < -0.3 is 4.74 Å². The summed E-state index contributed by atoms with van der Waals surface area (Å²) in [5, 5.41) is 9.36. The molecule has 0 aromatic heterocycles. The van der Waals surface area contributed by atoms with Gasteiger partial charge in [0, 0.05) is 13.5 Å². The highest BCUT2D eigenvalue weighted by Gasteiger charge is 2.10. The summed E-state index contributed by atoms with van der Waals surface area (Å²) >= 11 is 0. The van der Waals surface area contributed by atoms with Crippen molar-refractivity contribution in [3.63, 3.8) is 0 Å². The SMILES string of the molecule is CCCCCCCCCCCCCCOC(=O)CCC(=O)N(C)O. The van der Waals surface area contributed by atoms with Gasteiger partial charge in [-0.25, -0.2) is 5.06 Å². The molecular formula is C19H37NO4. The fourth-order valence-electron chi connectivity index (χ4n) is 2.57. The highest BCUT2D eigenvalue weighted by atomic mass is 16.5. The van der Waals surface area contributed by atoms with Crippen molar-refractivity contribution in [3.05, 3.63) is 0 Å². The summed E-state index contributed by atoms with van der Waals surface area (Å²) in [4.78, 5) is 22.5. The van der Waals surface area contributed by atoms with Gasteiger partial charge in [-0.15, -0.1) is 0 Å². The number of ether oxygens (including phenoxy) is 1. The van der Waals surface area contributed by atoms with Crippen LogP contribution in [0.25, 0.3) is 0 Å². The Balaban J connectivity index is 3.22. The Kier molecular flexibility index (Phi) is 16.0. The maximum absolute atomic E-state index is 11.4. The fraction of sp³-hybridized carbons (Fsp3) is 0.895. The molecule has 0 spiro atoms. The molecule has 0 rings (SSSR count). The number of amides is 1. The van der Waals surface area contributed by atoms with Gasteiger partial charge in [0.25, 0.3) is 0 Å². The first-order valence-corrected chi connectivity index (χ1v) is 9.69. The summed E-state index contributed by atoms with van der Waals surface area (Å²) in [5.41, 5.74) is 0. The molecule has 142 valence electrons. The fourth-order valence-corrected chi connectivity index (χ4v) is 2.57. The van der Waals surface area contributed by atoms with Crippen LogP contribution in [0.15, 0.2) is 0 Å². The first-order valence-electron chi connectivity index (χ1n) is 9.69. The zero-order valence-electron chi connectivity index (χ0n) is 15.7. The number of rotatable bonds is 16. The molecule has 0 aliphatic rings. The molecule has 0 aliphatic carbocycles. The van der Waals surface area contributed by atoms with E-state index in [2.05, 4.69) is 6.92 Å². The highest BCUT2D eigenvalue weighted by molar-refractivity contribution is 5.80. The number of hydroxylamine groups is 2. The molecule has 0 saturated heterocycles. The number of nitrogens with zero attached hydrogens (tertiary/aromatic N) is 1. The lowest BCUT2D eigenvalue weighted by Gasteiger charge is -2.08. The lowest BCUT2D eigenvalue weighted by atomic mass is 10.1. The van der Waals surface area contributed by atoms with Gasteiger partial charge in [0.15, 0.2) is 0 Å². The van der Waals surface area contributed by atoms with Gasteiger partial charge in [-0.1, -0.05) is 77.6 Å². The van der Waals surface area contributed by atoms with E-state index in [9.17, 15) is 9.59 Å². The molecule has 0 aromatic rings. The standard InChI is InChI=1S/C19H37NO4/c1-3-4-5-6-7-8-9-10-11-12-13-14-17-24-19(22)16-15-18(21)20(2)23/h23H,3-17H2,1-2H3. The van der Waals surface area contributed by atoms with E-state index in [1.807, 2.05) is 0 Å². The Labute approximate surface area is 147 Å². The van der Waals surface area contributed by atoms with E-state index < -0.39 is 5.91 Å². The van der Waals surface area contributed by atoms with Crippen LogP contribution in [0.4, 0.5) is 0 Å². The molecule has 24 heavy (non-hydrogen) atoms. The number of carbonyl (C=O) groups excluding carboxylic acids is 2. The molecule has 0 heterocycles. The van der Waals surface area contributed by atoms with Crippen molar-refractivity contribution in [2.45, 2.75) is 96.8 Å². The van der Waals surface area contributed by atoms with Crippen LogP contribution >= 0.6 is 0 Å². The monoisotopic (exact) mass is 343 g/mol. The Bertz CT molecular complexity index is 318. The molecule has 5 heteroatoms. The van der Waals surface area contributed by atoms with E-state index in [0.29, 0.717) is 11.7 Å². The number of carbonyl (C=O) groups is 2. The van der Waals surface area contributed by atoms with E-state index in [-0.39, 0.29) is 18.8 Å². The minimum atomic E-state index is -0.475. The van der Waals surface area contributed by atoms with Crippen molar-refractivity contribution in [1.82, 2.24) is 5.06 Å². The maximum Gasteiger partial charge on any atom is 0.306 e. The Morgan fingerprint density at radius 2 is 1.25 bits per heavy atom. The first kappa shape index (κ1) is 22.9. The second-order valence-corrected chi connectivity index (χ2v) is 6.53. The van der Waals surface area contributed by atoms with E-state index in [4.69, 9.17) is 9.94 Å². The van der Waals surface area contributed by atoms with Crippen LogP contribution in [0.2, 0.25) is 0 Å². The topological polar surface area (TPSA) is 66.8 Å². The number of hydrogen-bond acceptors (Lipinski definition) is 4. The predicted molar refractivity (Wildman–Crippen MR) is 95.8 cm³/mol. The molecule has 5 nitrogen and oxygen atoms in total. The van der Waals surface area contributed by atoms with Crippen LogP contribution in [-0.4, -0.2) is 35.8 Å². The van der Waals surface area contributed by atoms with Gasteiger partial charge in [0.05, 0.1) is 13.0 Å². The summed E-state index contributed by atoms with van der Waals surface area (Å²) < 4.78 is 5.07. The van der Waals surface area contributed by atoms with Crippen LogP contribution < -0.4 is 0 Å². The second kappa shape index (κ2) is 16.7. The summed E-state index contributed by atoms with van der Waals surface area (Å²) in [6.07, 6.45) is 15.3. The molecule has 0 fully saturated rings. The van der Waals surface area contributed by atoms with Crippen LogP contribution in [0, 0.1) is 0 Å². The van der Waals surface area contributed by atoms with Crippen molar-refractivity contribution < 1.29 is 19.5 Å². The summed E-state index contributed by atoms with van der Waals surface area (Å²) in [6.45, 7) is 2.68. The quantitative estimate of drug-likeness (QED) is 0.188. The molecule has 0 unspecified atom stereocenters. The van der Waals surface area contributed by atoms with Crippen molar-refractivity contribution in [2.24, 2.45) is 0 Å². The van der Waals surface area contributed by atoms with Gasteiger partial charge in [0.2, 0.25) is 5.91 Å². The molecule has 0 saturated carbocycles. The van der Waals surface area contributed by atoms with Crippen molar-refractivity contribution >= 4 is 11.9 Å². The third kappa shape index (κ3) is 15.8. The predicted octanol–water partition coefficient (Wildman–Crippen LogP) is 4.86. The molecule has 0 atom stereocenters. The maximum atomic E-state index is 11.4. The van der Waals surface area contributed by atoms with E-state index >= 15 is 0 Å². The number of esters is 1. The molecule has 0 radical (unpaired) electrons. The average molecular weight is 344 g/mol. The zero-order valence-corrected chi connectivity index (χ0v) is 15.7. The minimum Gasteiger partial charge on any atom is -0.466 e. The number of hydrogen-bond donors (Lipinski definition) is 1. The highest BCUT2D eigenvalue weighted by Crippen LogP contribution is 2.12. The lowest BCUT2D eigenvalue weighted by molar-refractivity contribution is -0.161. The van der Waals surface area contributed by atoms with Gasteiger partial charge in [-0.05, 0) is 6.42 Å². The van der Waals surface area contributed by atoms with Crippen LogP contribution in [0.5, 0.6) is 0 Å². The minimum absolute atomic E-state index is 0.00965. The van der Waals surface area contributed by atoms with Crippen LogP contribution in [0.1, 0.15) is 96.8 Å². The molecular weight excluding hydrogens is 306 g/mol. The Morgan fingerprint density at radius 1 is 0.792 bits per heavy atom.